The van der Waals surface area contributed by atoms with Gasteiger partial charge in [0.15, 0.2) is 0 Å². The van der Waals surface area contributed by atoms with Crippen LogP contribution in [0.5, 0.6) is 0 Å². The van der Waals surface area contributed by atoms with E-state index in [1.54, 1.807) is 0 Å². The number of aliphatic hydroxyl groups is 3. The van der Waals surface area contributed by atoms with Crippen molar-refractivity contribution in [3.8, 4) is 0 Å². The molecule has 76 valence electrons. The third-order valence-electron chi connectivity index (χ3n) is 2.03. The normalized spacial score (nSPS) is 40.0. The summed E-state index contributed by atoms with van der Waals surface area (Å²) in [5, 5.41) is 38.2. The molecular formula is C6H12N2O5. The molecule has 1 heterocycles. The Bertz CT molecular complexity index is 199. The molecule has 1 saturated heterocycles. The molecule has 0 aliphatic carbocycles. The molecule has 4 atom stereocenters. The third kappa shape index (κ3) is 1.95. The van der Waals surface area contributed by atoms with Gasteiger partial charge in [0.05, 0.1) is 6.10 Å². The second-order valence-corrected chi connectivity index (χ2v) is 2.91. The average molecular weight is 192 g/mol. The smallest absolute Gasteiger partial charge is 0.263 e. The summed E-state index contributed by atoms with van der Waals surface area (Å²) in [6.07, 6.45) is -3.93. The summed E-state index contributed by atoms with van der Waals surface area (Å²) >= 11 is 0. The first-order chi connectivity index (χ1) is 6.07. The van der Waals surface area contributed by atoms with Crippen molar-refractivity contribution < 1.29 is 25.3 Å². The van der Waals surface area contributed by atoms with Crippen LogP contribution in [0.15, 0.2) is 0 Å². The summed E-state index contributed by atoms with van der Waals surface area (Å²) in [5.74, 6) is -0.849. The zero-order chi connectivity index (χ0) is 10.0. The molecule has 13 heavy (non-hydrogen) atoms. The molecule has 0 spiro atoms. The minimum absolute atomic E-state index is 0.0175. The molecule has 1 amide bonds. The molecule has 1 fully saturated rings. The SMILES string of the molecule is O=C(NO)[C@@H]1NC[C@@H](O)[C@@H](O)[C@@H]1O. The van der Waals surface area contributed by atoms with Gasteiger partial charge >= 0.3 is 0 Å². The van der Waals surface area contributed by atoms with Crippen LogP contribution in [-0.2, 0) is 4.79 Å². The van der Waals surface area contributed by atoms with Crippen LogP contribution < -0.4 is 10.8 Å². The molecule has 0 aromatic rings. The van der Waals surface area contributed by atoms with Crippen molar-refractivity contribution in [3.63, 3.8) is 0 Å². The first kappa shape index (κ1) is 10.4. The summed E-state index contributed by atoms with van der Waals surface area (Å²) in [7, 11) is 0. The molecule has 7 nitrogen and oxygen atoms in total. The number of amides is 1. The lowest BCUT2D eigenvalue weighted by Crippen LogP contribution is -2.64. The van der Waals surface area contributed by atoms with Gasteiger partial charge < -0.3 is 20.6 Å². The van der Waals surface area contributed by atoms with E-state index < -0.39 is 30.3 Å². The predicted molar refractivity (Wildman–Crippen MR) is 39.7 cm³/mol. The van der Waals surface area contributed by atoms with Gasteiger partial charge in [0.25, 0.3) is 5.91 Å². The Labute approximate surface area is 74.0 Å². The number of hydrogen-bond donors (Lipinski definition) is 6. The van der Waals surface area contributed by atoms with E-state index in [1.165, 1.54) is 5.48 Å². The van der Waals surface area contributed by atoms with Gasteiger partial charge in [0, 0.05) is 6.54 Å². The van der Waals surface area contributed by atoms with Crippen LogP contribution in [-0.4, -0.2) is 57.3 Å². The number of nitrogens with one attached hydrogen (secondary N) is 2. The monoisotopic (exact) mass is 192 g/mol. The van der Waals surface area contributed by atoms with Crippen LogP contribution in [0.25, 0.3) is 0 Å². The Hall–Kier alpha value is -0.730. The van der Waals surface area contributed by atoms with Crippen molar-refractivity contribution >= 4 is 5.91 Å². The van der Waals surface area contributed by atoms with E-state index in [0.717, 1.165) is 0 Å². The highest BCUT2D eigenvalue weighted by atomic mass is 16.5. The van der Waals surface area contributed by atoms with Gasteiger partial charge in [-0.15, -0.1) is 0 Å². The lowest BCUT2D eigenvalue weighted by molar-refractivity contribution is -0.145. The third-order valence-corrected chi connectivity index (χ3v) is 2.03. The fourth-order valence-electron chi connectivity index (χ4n) is 1.23. The largest absolute Gasteiger partial charge is 0.389 e. The van der Waals surface area contributed by atoms with Crippen LogP contribution in [0, 0.1) is 0 Å². The quantitative estimate of drug-likeness (QED) is 0.190. The zero-order valence-corrected chi connectivity index (χ0v) is 6.71. The molecule has 0 radical (unpaired) electrons. The number of carbonyl (C=O) groups excluding carboxylic acids is 1. The molecule has 7 heteroatoms. The molecule has 0 unspecified atom stereocenters. The molecule has 1 rings (SSSR count). The Morgan fingerprint density at radius 3 is 2.46 bits per heavy atom. The summed E-state index contributed by atoms with van der Waals surface area (Å²) in [6, 6.07) is -1.11. The van der Waals surface area contributed by atoms with Gasteiger partial charge in [-0.3, -0.25) is 10.0 Å². The summed E-state index contributed by atoms with van der Waals surface area (Å²) in [5.41, 5.74) is 1.35. The number of aliphatic hydroxyl groups excluding tert-OH is 3. The minimum atomic E-state index is -1.43. The van der Waals surface area contributed by atoms with Gasteiger partial charge in [0.2, 0.25) is 0 Å². The van der Waals surface area contributed by atoms with E-state index >= 15 is 0 Å². The molecule has 0 bridgehead atoms. The zero-order valence-electron chi connectivity index (χ0n) is 6.71. The van der Waals surface area contributed by atoms with Crippen LogP contribution in [0.4, 0.5) is 0 Å². The topological polar surface area (TPSA) is 122 Å². The number of carbonyl (C=O) groups is 1. The van der Waals surface area contributed by atoms with E-state index in [2.05, 4.69) is 5.32 Å². The number of rotatable bonds is 1. The average Bonchev–Trinajstić information content (AvgIpc) is 2.13. The van der Waals surface area contributed by atoms with Gasteiger partial charge in [-0.2, -0.15) is 0 Å². The van der Waals surface area contributed by atoms with Crippen LogP contribution in [0.1, 0.15) is 0 Å². The second-order valence-electron chi connectivity index (χ2n) is 2.91. The summed E-state index contributed by atoms with van der Waals surface area (Å²) < 4.78 is 0. The molecule has 1 aliphatic rings. The van der Waals surface area contributed by atoms with E-state index in [1.807, 2.05) is 0 Å². The van der Waals surface area contributed by atoms with E-state index in [4.69, 9.17) is 15.4 Å². The van der Waals surface area contributed by atoms with Crippen molar-refractivity contribution in [2.45, 2.75) is 24.4 Å². The summed E-state index contributed by atoms with van der Waals surface area (Å²) in [6.45, 7) is -0.0175. The number of hydroxylamine groups is 1. The Morgan fingerprint density at radius 1 is 1.31 bits per heavy atom. The maximum absolute atomic E-state index is 10.9. The van der Waals surface area contributed by atoms with Gasteiger partial charge in [-0.05, 0) is 0 Å². The molecule has 0 saturated carbocycles. The van der Waals surface area contributed by atoms with Crippen molar-refractivity contribution in [1.82, 2.24) is 10.8 Å². The molecule has 0 aromatic heterocycles. The standard InChI is InChI=1S/C6H12N2O5/c9-2-1-7-3(6(12)8-13)5(11)4(2)10/h2-5,7,9-11,13H,1H2,(H,8,12)/t2-,3-,4-,5-/m1/s1. The Morgan fingerprint density at radius 2 is 1.92 bits per heavy atom. The van der Waals surface area contributed by atoms with Crippen LogP contribution >= 0.6 is 0 Å². The maximum Gasteiger partial charge on any atom is 0.263 e. The first-order valence-corrected chi connectivity index (χ1v) is 3.79. The lowest BCUT2D eigenvalue weighted by atomic mass is 9.96. The van der Waals surface area contributed by atoms with Gasteiger partial charge in [-0.1, -0.05) is 0 Å². The number of piperidine rings is 1. The first-order valence-electron chi connectivity index (χ1n) is 3.79. The van der Waals surface area contributed by atoms with Crippen molar-refractivity contribution in [2.75, 3.05) is 6.54 Å². The lowest BCUT2D eigenvalue weighted by Gasteiger charge is -2.34. The number of hydrogen-bond acceptors (Lipinski definition) is 6. The fourth-order valence-corrected chi connectivity index (χ4v) is 1.23. The predicted octanol–water partition coefficient (Wildman–Crippen LogP) is -3.45. The van der Waals surface area contributed by atoms with Gasteiger partial charge in [-0.25, -0.2) is 5.48 Å². The Balaban J connectivity index is 2.63. The second kappa shape index (κ2) is 3.99. The molecular weight excluding hydrogens is 180 g/mol. The van der Waals surface area contributed by atoms with Crippen LogP contribution in [0.2, 0.25) is 0 Å². The highest BCUT2D eigenvalue weighted by molar-refractivity contribution is 5.81. The van der Waals surface area contributed by atoms with Crippen molar-refractivity contribution in [2.24, 2.45) is 0 Å². The molecule has 0 aromatic carbocycles. The van der Waals surface area contributed by atoms with E-state index in [-0.39, 0.29) is 6.54 Å². The minimum Gasteiger partial charge on any atom is -0.389 e. The van der Waals surface area contributed by atoms with E-state index in [9.17, 15) is 9.90 Å². The highest BCUT2D eigenvalue weighted by Gasteiger charge is 2.39. The van der Waals surface area contributed by atoms with E-state index in [0.29, 0.717) is 0 Å². The Kier molecular flexibility index (Phi) is 3.17. The maximum atomic E-state index is 10.9. The fraction of sp³-hybridized carbons (Fsp3) is 0.833. The highest BCUT2D eigenvalue weighted by Crippen LogP contribution is 2.10. The molecule has 1 aliphatic heterocycles. The van der Waals surface area contributed by atoms with Crippen LogP contribution in [0.3, 0.4) is 0 Å². The van der Waals surface area contributed by atoms with Crippen molar-refractivity contribution in [3.05, 3.63) is 0 Å². The number of β-amino-alcohol motifs (C(OH)–C–C–N with tert-alkyl or cyclic N) is 1. The van der Waals surface area contributed by atoms with Gasteiger partial charge in [0.1, 0.15) is 18.2 Å². The summed E-state index contributed by atoms with van der Waals surface area (Å²) in [4.78, 5) is 10.9. The van der Waals surface area contributed by atoms with Crippen molar-refractivity contribution in [1.29, 1.82) is 0 Å². The molecule has 6 N–H and O–H groups in total.